The van der Waals surface area contributed by atoms with Gasteiger partial charge in [-0.3, -0.25) is 4.57 Å². The van der Waals surface area contributed by atoms with Gasteiger partial charge >= 0.3 is 0 Å². The van der Waals surface area contributed by atoms with Gasteiger partial charge in [-0.05, 0) is 120 Å². The Balaban J connectivity index is 0.942. The van der Waals surface area contributed by atoms with E-state index < -0.39 is 14.9 Å². The first-order valence-corrected chi connectivity index (χ1v) is 33.9. The van der Waals surface area contributed by atoms with Gasteiger partial charge in [0, 0.05) is 60.8 Å². The molecule has 0 unspecified atom stereocenters. The maximum Gasteiger partial charge on any atom is 0.185 e. The number of pyridine rings is 1. The highest BCUT2D eigenvalue weighted by molar-refractivity contribution is 7.22. The second kappa shape index (κ2) is 21.9. The van der Waals surface area contributed by atoms with E-state index in [-0.39, 0.29) is 16.2 Å². The van der Waals surface area contributed by atoms with E-state index in [0.717, 1.165) is 78.4 Å². The third kappa shape index (κ3) is 9.70. The molecule has 15 rings (SSSR count). The molecule has 0 saturated heterocycles. The Morgan fingerprint density at radius 2 is 1.04 bits per heavy atom. The molecule has 0 bridgehead atoms. The highest BCUT2D eigenvalue weighted by Gasteiger charge is 2.52. The van der Waals surface area contributed by atoms with E-state index in [2.05, 4.69) is 313 Å². The summed E-state index contributed by atoms with van der Waals surface area (Å²) in [6, 6.07) is 94.4. The van der Waals surface area contributed by atoms with E-state index in [1.807, 2.05) is 18.3 Å². The van der Waals surface area contributed by atoms with Gasteiger partial charge < -0.3 is 14.5 Å². The zero-order valence-electron chi connectivity index (χ0n) is 56.3. The number of para-hydroxylation sites is 4. The summed E-state index contributed by atoms with van der Waals surface area (Å²) in [5.74, 6) is 2.25. The summed E-state index contributed by atoms with van der Waals surface area (Å²) in [5, 5.41) is 7.30. The van der Waals surface area contributed by atoms with Crippen LogP contribution in [0.4, 0.5) is 22.7 Å². The third-order valence-electron chi connectivity index (χ3n) is 18.9. The van der Waals surface area contributed by atoms with Crippen molar-refractivity contribution in [3.05, 3.63) is 289 Å². The summed E-state index contributed by atoms with van der Waals surface area (Å²) in [4.78, 5) is 10.4. The molecule has 13 aromatic rings. The number of ether oxygens (including phenoxy) is 1. The van der Waals surface area contributed by atoms with Crippen LogP contribution in [0.25, 0.3) is 72.1 Å². The van der Waals surface area contributed by atoms with Crippen LogP contribution in [0, 0.1) is 6.85 Å². The van der Waals surface area contributed by atoms with Gasteiger partial charge in [-0.1, -0.05) is 280 Å². The summed E-state index contributed by atoms with van der Waals surface area (Å²) in [7, 11) is -3.23. The fraction of sp³-hybridized carbons (Fsp3) is 0.165. The van der Waals surface area contributed by atoms with E-state index in [1.165, 1.54) is 59.7 Å². The van der Waals surface area contributed by atoms with Crippen molar-refractivity contribution >= 4 is 73.4 Å². The van der Waals surface area contributed by atoms with Crippen molar-refractivity contribution in [1.29, 1.82) is 0 Å². The molecule has 0 N–H and O–H groups in total. The molecule has 6 heteroatoms. The van der Waals surface area contributed by atoms with E-state index in [1.54, 1.807) is 12.1 Å². The molecule has 0 saturated carbocycles. The molecule has 2 aromatic heterocycles. The summed E-state index contributed by atoms with van der Waals surface area (Å²) in [5.41, 5.74) is 18.6. The molecule has 5 nitrogen and oxygen atoms in total. The van der Waals surface area contributed by atoms with Crippen molar-refractivity contribution in [3.8, 4) is 61.8 Å². The zero-order chi connectivity index (χ0) is 65.1. The largest absolute Gasteiger partial charge is 0.457 e. The molecule has 0 amide bonds. The van der Waals surface area contributed by atoms with Crippen LogP contribution in [0.5, 0.6) is 11.5 Å². The van der Waals surface area contributed by atoms with Crippen molar-refractivity contribution < 1.29 is 8.85 Å². The van der Waals surface area contributed by atoms with Crippen molar-refractivity contribution in [2.24, 2.45) is 0 Å². The minimum Gasteiger partial charge on any atom is -0.457 e. The lowest BCUT2D eigenvalue weighted by Crippen LogP contribution is -2.73. The molecule has 0 aliphatic carbocycles. The van der Waals surface area contributed by atoms with Gasteiger partial charge in [0.1, 0.15) is 24.0 Å². The molecule has 2 aliphatic heterocycles. The maximum absolute atomic E-state index is 8.31. The minimum absolute atomic E-state index is 0.0708. The van der Waals surface area contributed by atoms with Crippen LogP contribution in [-0.4, -0.2) is 24.3 Å². The van der Waals surface area contributed by atoms with Gasteiger partial charge in [0.05, 0.1) is 28.1 Å². The highest BCUT2D eigenvalue weighted by Crippen LogP contribution is 2.52. The van der Waals surface area contributed by atoms with E-state index in [4.69, 9.17) is 13.8 Å². The Morgan fingerprint density at radius 1 is 0.462 bits per heavy atom. The zero-order valence-corrected chi connectivity index (χ0v) is 54.3. The molecule has 446 valence electrons. The molecule has 91 heavy (non-hydrogen) atoms. The first-order chi connectivity index (χ1) is 45.2. The Kier molecular flexibility index (Phi) is 13.0. The lowest BCUT2D eigenvalue weighted by atomic mass is 9.78. The smallest absolute Gasteiger partial charge is 0.185 e. The molecular formula is C85H76N4OSi. The number of hydrogen-bond acceptors (Lipinski definition) is 4. The maximum atomic E-state index is 8.31. The Labute approximate surface area is 541 Å². The van der Waals surface area contributed by atoms with E-state index in [9.17, 15) is 0 Å². The predicted molar refractivity (Wildman–Crippen MR) is 387 cm³/mol. The van der Waals surface area contributed by atoms with Gasteiger partial charge in [0.15, 0.2) is 8.07 Å². The third-order valence-corrected chi connectivity index (χ3v) is 23.8. The highest BCUT2D eigenvalue weighted by atomic mass is 28.3. The summed E-state index contributed by atoms with van der Waals surface area (Å²) < 4.78 is 35.2. The number of fused-ring (bicyclic) bond motifs is 8. The molecule has 0 spiro atoms. The van der Waals surface area contributed by atoms with Gasteiger partial charge in [-0.15, -0.1) is 0 Å². The molecule has 2 aliphatic rings. The van der Waals surface area contributed by atoms with Crippen LogP contribution >= 0.6 is 0 Å². The number of aryl methyl sites for hydroxylation is 1. The number of aromatic nitrogens is 2. The first-order valence-electron chi connectivity index (χ1n) is 33.4. The standard InChI is InChI=1S/C85H76N4OSi/c1-56-29-26-32-58(47-56)70-54-86-78(52-71(70)85(8,9)10)89-72-43-22-20-39-68(72)79-75(89)53-76(82-80(79)69-40-21-25-46-77(69)91(82,64-35-16-12-17-36-64)65-37-18-13-19-38-65)90-63-34-27-33-62(51-63)87-55-88(74-45-24-23-44-73(74)87)81-66(57-30-14-11-15-31-57)41-28-42-67(81)59-48-60(83(2,3)4)50-61(49-59)84(5,6)7/h11-54H,55H2,1-10H3/i1D3. The van der Waals surface area contributed by atoms with E-state index in [0.29, 0.717) is 18.0 Å². The van der Waals surface area contributed by atoms with Crippen LogP contribution < -0.4 is 35.3 Å². The SMILES string of the molecule is [2H]C([2H])([2H])c1cccc(-c2cnc(-n3c4ccccc4c4c5c(c(Oc6cccc(N7CN(c8c(-c9ccccc9)cccc8-c8cc(C(C)(C)C)cc(C(C)(C)C)c8)c8ccccc87)c6)cc43)[Si](c3ccccc3)(c3ccccc3)c3ccccc3-5)cc2C(C)(C)C)c1. The van der Waals surface area contributed by atoms with Gasteiger partial charge in [0.25, 0.3) is 0 Å². The average Bonchev–Trinajstić information content (AvgIpc) is 1.51. The first kappa shape index (κ1) is 54.0. The lowest BCUT2D eigenvalue weighted by Gasteiger charge is -2.32. The normalized spacial score (nSPS) is 14.2. The van der Waals surface area contributed by atoms with E-state index >= 15 is 0 Å². The molecule has 4 heterocycles. The number of rotatable bonds is 10. The van der Waals surface area contributed by atoms with Crippen molar-refractivity contribution in [3.63, 3.8) is 0 Å². The molecule has 0 atom stereocenters. The summed E-state index contributed by atoms with van der Waals surface area (Å²) in [6.07, 6.45) is 1.94. The second-order valence-corrected chi connectivity index (χ2v) is 31.5. The second-order valence-electron chi connectivity index (χ2n) is 27.8. The summed E-state index contributed by atoms with van der Waals surface area (Å²) >= 11 is 0. The Hall–Kier alpha value is -10.0. The number of anilines is 4. The molecule has 11 aromatic carbocycles. The van der Waals surface area contributed by atoms with Crippen LogP contribution in [0.2, 0.25) is 0 Å². The lowest BCUT2D eigenvalue weighted by molar-refractivity contribution is 0.487. The van der Waals surface area contributed by atoms with Gasteiger partial charge in [0.2, 0.25) is 0 Å². The Bertz CT molecular complexity index is 5020. The minimum atomic E-state index is -3.23. The predicted octanol–water partition coefficient (Wildman–Crippen LogP) is 19.8. The number of benzene rings is 11. The molecule has 0 radical (unpaired) electrons. The average molecular weight is 1200 g/mol. The monoisotopic (exact) mass is 1200 g/mol. The van der Waals surface area contributed by atoms with Crippen molar-refractivity contribution in [2.75, 3.05) is 16.5 Å². The number of hydrogen-bond donors (Lipinski definition) is 0. The fourth-order valence-electron chi connectivity index (χ4n) is 14.5. The fourth-order valence-corrected chi connectivity index (χ4v) is 19.8. The van der Waals surface area contributed by atoms with Crippen molar-refractivity contribution in [1.82, 2.24) is 9.55 Å². The van der Waals surface area contributed by atoms with Crippen molar-refractivity contribution in [2.45, 2.75) is 85.4 Å². The molecular weight excluding hydrogens is 1120 g/mol. The van der Waals surface area contributed by atoms with Crippen LogP contribution in [0.3, 0.4) is 0 Å². The van der Waals surface area contributed by atoms with Crippen LogP contribution in [0.1, 0.15) is 88.7 Å². The molecule has 0 fully saturated rings. The van der Waals surface area contributed by atoms with Crippen LogP contribution in [-0.2, 0) is 16.2 Å². The summed E-state index contributed by atoms with van der Waals surface area (Å²) in [6.45, 7) is 18.8. The van der Waals surface area contributed by atoms with Crippen LogP contribution in [0.15, 0.2) is 267 Å². The van der Waals surface area contributed by atoms with Gasteiger partial charge in [-0.25, -0.2) is 4.98 Å². The Morgan fingerprint density at radius 3 is 1.73 bits per heavy atom. The topological polar surface area (TPSA) is 33.5 Å². The number of nitrogens with zero attached hydrogens (tertiary/aromatic N) is 4. The quantitative estimate of drug-likeness (QED) is 0.128. The van der Waals surface area contributed by atoms with Gasteiger partial charge in [-0.2, -0.15) is 0 Å².